The number of amides is 1. The number of fused-ring (bicyclic) bond motifs is 2. The molecule has 4 nitrogen and oxygen atoms in total. The first-order chi connectivity index (χ1) is 7.76. The molecular formula is C12H17Cl2N3O. The van der Waals surface area contributed by atoms with Gasteiger partial charge < -0.3 is 10.2 Å². The van der Waals surface area contributed by atoms with E-state index in [0.717, 1.165) is 37.3 Å². The molecule has 3 heterocycles. The molecule has 0 aromatic carbocycles. The molecule has 2 aliphatic rings. The van der Waals surface area contributed by atoms with Crippen molar-refractivity contribution in [3.63, 3.8) is 0 Å². The van der Waals surface area contributed by atoms with Gasteiger partial charge in [0, 0.05) is 19.8 Å². The second-order valence-corrected chi connectivity index (χ2v) is 4.60. The van der Waals surface area contributed by atoms with Crippen LogP contribution >= 0.6 is 24.8 Å². The number of halogens is 2. The van der Waals surface area contributed by atoms with Gasteiger partial charge in [-0.1, -0.05) is 0 Å². The first kappa shape index (κ1) is 15.2. The first-order valence-electron chi connectivity index (χ1n) is 5.70. The Morgan fingerprint density at radius 2 is 2.22 bits per heavy atom. The van der Waals surface area contributed by atoms with Crippen molar-refractivity contribution >= 4 is 36.4 Å². The molecule has 1 spiro atoms. The molecule has 0 bridgehead atoms. The first-order valence-corrected chi connectivity index (χ1v) is 5.70. The third kappa shape index (κ3) is 1.88. The van der Waals surface area contributed by atoms with E-state index in [-0.39, 0.29) is 30.7 Å². The summed E-state index contributed by atoms with van der Waals surface area (Å²) in [6.07, 6.45) is 3.73. The van der Waals surface area contributed by atoms with Gasteiger partial charge in [-0.15, -0.1) is 24.8 Å². The Labute approximate surface area is 119 Å². The van der Waals surface area contributed by atoms with Crippen LogP contribution in [0.15, 0.2) is 18.3 Å². The second kappa shape index (κ2) is 5.43. The molecule has 18 heavy (non-hydrogen) atoms. The molecule has 1 N–H and O–H groups in total. The molecule has 1 unspecified atom stereocenters. The van der Waals surface area contributed by atoms with Gasteiger partial charge in [0.05, 0.1) is 11.4 Å². The Morgan fingerprint density at radius 1 is 1.44 bits per heavy atom. The highest BCUT2D eigenvalue weighted by Crippen LogP contribution is 2.43. The number of pyridine rings is 1. The lowest BCUT2D eigenvalue weighted by molar-refractivity contribution is -0.123. The zero-order chi connectivity index (χ0) is 11.2. The number of likely N-dealkylation sites (N-methyl/N-ethyl adjacent to an activating group) is 1. The van der Waals surface area contributed by atoms with E-state index in [9.17, 15) is 4.79 Å². The monoisotopic (exact) mass is 289 g/mol. The maximum absolute atomic E-state index is 12.4. The fraction of sp³-hybridized carbons (Fsp3) is 0.500. The number of carbonyl (C=O) groups excluding carboxylic acids is 1. The molecule has 1 aromatic heterocycles. The molecule has 6 heteroatoms. The average molecular weight is 290 g/mol. The molecule has 2 aliphatic heterocycles. The maximum Gasteiger partial charge on any atom is 0.240 e. The molecule has 3 rings (SSSR count). The van der Waals surface area contributed by atoms with Crippen LogP contribution in [0.4, 0.5) is 5.69 Å². The topological polar surface area (TPSA) is 45.2 Å². The molecule has 0 saturated carbocycles. The van der Waals surface area contributed by atoms with E-state index in [4.69, 9.17) is 0 Å². The molecule has 0 aliphatic carbocycles. The van der Waals surface area contributed by atoms with Gasteiger partial charge in [0.1, 0.15) is 5.41 Å². The van der Waals surface area contributed by atoms with Gasteiger partial charge in [-0.25, -0.2) is 0 Å². The van der Waals surface area contributed by atoms with Gasteiger partial charge in [-0.2, -0.15) is 0 Å². The Balaban J connectivity index is 0.000000810. The SMILES string of the molecule is CN1C(=O)C2(CCCNC2)c2ncccc21.Cl.Cl. The van der Waals surface area contributed by atoms with Gasteiger partial charge in [-0.3, -0.25) is 9.78 Å². The number of anilines is 1. The van der Waals surface area contributed by atoms with Crippen LogP contribution < -0.4 is 10.2 Å². The van der Waals surface area contributed by atoms with Crippen LogP contribution in [0.1, 0.15) is 18.5 Å². The lowest BCUT2D eigenvalue weighted by atomic mass is 9.78. The number of carbonyl (C=O) groups is 1. The van der Waals surface area contributed by atoms with E-state index in [1.807, 2.05) is 19.2 Å². The molecule has 100 valence electrons. The van der Waals surface area contributed by atoms with Crippen LogP contribution in [0.3, 0.4) is 0 Å². The molecule has 1 saturated heterocycles. The van der Waals surface area contributed by atoms with Crippen LogP contribution in [0, 0.1) is 0 Å². The molecule has 1 aromatic rings. The normalized spacial score (nSPS) is 25.4. The highest BCUT2D eigenvalue weighted by molar-refractivity contribution is 6.07. The lowest BCUT2D eigenvalue weighted by Gasteiger charge is -2.31. The average Bonchev–Trinajstić information content (AvgIpc) is 2.55. The summed E-state index contributed by atoms with van der Waals surface area (Å²) < 4.78 is 0. The highest BCUT2D eigenvalue weighted by Gasteiger charge is 2.51. The fourth-order valence-corrected chi connectivity index (χ4v) is 2.86. The quantitative estimate of drug-likeness (QED) is 0.788. The number of nitrogens with one attached hydrogen (secondary N) is 1. The van der Waals surface area contributed by atoms with E-state index in [0.29, 0.717) is 0 Å². The molecule has 0 radical (unpaired) electrons. The summed E-state index contributed by atoms with van der Waals surface area (Å²) in [5.74, 6) is 0.188. The summed E-state index contributed by atoms with van der Waals surface area (Å²) in [7, 11) is 1.84. The number of nitrogens with zero attached hydrogens (tertiary/aromatic N) is 2. The smallest absolute Gasteiger partial charge is 0.240 e. The van der Waals surface area contributed by atoms with E-state index in [2.05, 4.69) is 10.3 Å². The second-order valence-electron chi connectivity index (χ2n) is 4.60. The van der Waals surface area contributed by atoms with E-state index in [1.54, 1.807) is 11.1 Å². The summed E-state index contributed by atoms with van der Waals surface area (Å²) in [6, 6.07) is 3.86. The Morgan fingerprint density at radius 3 is 2.89 bits per heavy atom. The minimum atomic E-state index is -0.399. The van der Waals surface area contributed by atoms with Crippen molar-refractivity contribution in [2.75, 3.05) is 25.0 Å². The molecule has 1 amide bonds. The largest absolute Gasteiger partial charge is 0.315 e. The van der Waals surface area contributed by atoms with Gasteiger partial charge in [0.15, 0.2) is 0 Å². The van der Waals surface area contributed by atoms with Gasteiger partial charge in [0.25, 0.3) is 0 Å². The van der Waals surface area contributed by atoms with E-state index < -0.39 is 5.41 Å². The van der Waals surface area contributed by atoms with Crippen LogP contribution in [0.5, 0.6) is 0 Å². The van der Waals surface area contributed by atoms with Crippen molar-refractivity contribution in [2.45, 2.75) is 18.3 Å². The molecule has 1 atom stereocenters. The zero-order valence-corrected chi connectivity index (χ0v) is 11.8. The van der Waals surface area contributed by atoms with Crippen LogP contribution in [-0.4, -0.2) is 31.0 Å². The molecular weight excluding hydrogens is 273 g/mol. The summed E-state index contributed by atoms with van der Waals surface area (Å²) in [5, 5.41) is 3.32. The number of hydrogen-bond acceptors (Lipinski definition) is 3. The Kier molecular flexibility index (Phi) is 4.59. The summed E-state index contributed by atoms with van der Waals surface area (Å²) in [6.45, 7) is 1.72. The summed E-state index contributed by atoms with van der Waals surface area (Å²) in [4.78, 5) is 18.6. The Hall–Kier alpha value is -0.840. The van der Waals surface area contributed by atoms with Crippen molar-refractivity contribution in [3.05, 3.63) is 24.0 Å². The Bertz CT molecular complexity index is 447. The van der Waals surface area contributed by atoms with Gasteiger partial charge >= 0.3 is 0 Å². The highest BCUT2D eigenvalue weighted by atomic mass is 35.5. The number of piperidine rings is 1. The maximum atomic E-state index is 12.4. The number of hydrogen-bond donors (Lipinski definition) is 1. The van der Waals surface area contributed by atoms with Crippen molar-refractivity contribution in [1.82, 2.24) is 10.3 Å². The van der Waals surface area contributed by atoms with Crippen molar-refractivity contribution in [3.8, 4) is 0 Å². The number of rotatable bonds is 0. The predicted molar refractivity (Wildman–Crippen MR) is 75.9 cm³/mol. The van der Waals surface area contributed by atoms with Crippen molar-refractivity contribution in [2.24, 2.45) is 0 Å². The van der Waals surface area contributed by atoms with Crippen LogP contribution in [0.25, 0.3) is 0 Å². The van der Waals surface area contributed by atoms with Gasteiger partial charge in [-0.05, 0) is 31.5 Å². The van der Waals surface area contributed by atoms with Crippen molar-refractivity contribution in [1.29, 1.82) is 0 Å². The van der Waals surface area contributed by atoms with Crippen LogP contribution in [-0.2, 0) is 10.2 Å². The zero-order valence-electron chi connectivity index (χ0n) is 10.2. The fourth-order valence-electron chi connectivity index (χ4n) is 2.86. The van der Waals surface area contributed by atoms with Gasteiger partial charge in [0.2, 0.25) is 5.91 Å². The predicted octanol–water partition coefficient (Wildman–Crippen LogP) is 1.52. The summed E-state index contributed by atoms with van der Waals surface area (Å²) >= 11 is 0. The minimum Gasteiger partial charge on any atom is -0.315 e. The van der Waals surface area contributed by atoms with E-state index >= 15 is 0 Å². The lowest BCUT2D eigenvalue weighted by Crippen LogP contribution is -2.50. The van der Waals surface area contributed by atoms with Crippen LogP contribution in [0.2, 0.25) is 0 Å². The van der Waals surface area contributed by atoms with Crippen molar-refractivity contribution < 1.29 is 4.79 Å². The summed E-state index contributed by atoms with van der Waals surface area (Å²) in [5.41, 5.74) is 1.52. The standard InChI is InChI=1S/C12H15N3O.2ClH/c1-15-9-4-2-7-14-10(9)12(11(15)16)5-3-6-13-8-12;;/h2,4,7,13H,3,5-6,8H2,1H3;2*1H. The minimum absolute atomic E-state index is 0. The third-order valence-corrected chi connectivity index (χ3v) is 3.70. The molecule has 1 fully saturated rings. The number of aromatic nitrogens is 1. The third-order valence-electron chi connectivity index (χ3n) is 3.70. The van der Waals surface area contributed by atoms with E-state index in [1.165, 1.54) is 0 Å².